The van der Waals surface area contributed by atoms with Gasteiger partial charge in [-0.2, -0.15) is 0 Å². The zero-order valence-corrected chi connectivity index (χ0v) is 14.6. The Morgan fingerprint density at radius 3 is 2.88 bits per heavy atom. The fraction of sp³-hybridized carbons (Fsp3) is 0.286. The number of aryl methyl sites for hydroxylation is 1. The van der Waals surface area contributed by atoms with Crippen molar-refractivity contribution in [3.05, 3.63) is 77.1 Å². The number of aromatic nitrogens is 1. The summed E-state index contributed by atoms with van der Waals surface area (Å²) in [6, 6.07) is 11.7. The van der Waals surface area contributed by atoms with Crippen LogP contribution in [-0.4, -0.2) is 28.3 Å². The van der Waals surface area contributed by atoms with Crippen LogP contribution < -0.4 is 0 Å². The third kappa shape index (κ3) is 2.98. The van der Waals surface area contributed by atoms with Gasteiger partial charge in [-0.1, -0.05) is 12.1 Å². The highest BCUT2D eigenvalue weighted by Crippen LogP contribution is 2.27. The first kappa shape index (κ1) is 16.8. The summed E-state index contributed by atoms with van der Waals surface area (Å²) in [5.74, 6) is -1.45. The van der Waals surface area contributed by atoms with Crippen molar-refractivity contribution in [3.8, 4) is 0 Å². The van der Waals surface area contributed by atoms with Crippen LogP contribution in [0.5, 0.6) is 0 Å². The molecule has 4 rings (SSSR count). The second-order valence-corrected chi connectivity index (χ2v) is 6.93. The van der Waals surface area contributed by atoms with E-state index in [4.69, 9.17) is 0 Å². The highest BCUT2D eigenvalue weighted by atomic mass is 19.1. The van der Waals surface area contributed by atoms with Crippen molar-refractivity contribution in [2.45, 2.75) is 31.7 Å². The van der Waals surface area contributed by atoms with Gasteiger partial charge in [-0.25, -0.2) is 8.78 Å². The molecular weight excluding hydrogens is 334 g/mol. The molecule has 0 saturated heterocycles. The number of pyridine rings is 1. The molecule has 134 valence electrons. The van der Waals surface area contributed by atoms with E-state index in [0.29, 0.717) is 0 Å². The number of amides is 1. The van der Waals surface area contributed by atoms with Crippen molar-refractivity contribution in [2.75, 3.05) is 7.05 Å². The second-order valence-electron chi connectivity index (χ2n) is 6.93. The van der Waals surface area contributed by atoms with Gasteiger partial charge in [0, 0.05) is 43.0 Å². The molecule has 0 fully saturated rings. The number of hydrogen-bond donors (Lipinski definition) is 0. The van der Waals surface area contributed by atoms with Crippen LogP contribution in [-0.2, 0) is 24.1 Å². The van der Waals surface area contributed by atoms with E-state index in [1.165, 1.54) is 28.9 Å². The molecule has 3 aromatic rings. The summed E-state index contributed by atoms with van der Waals surface area (Å²) in [4.78, 5) is 14.3. The summed E-state index contributed by atoms with van der Waals surface area (Å²) >= 11 is 0. The first-order valence-corrected chi connectivity index (χ1v) is 8.80. The van der Waals surface area contributed by atoms with E-state index in [1.54, 1.807) is 11.9 Å². The predicted octanol–water partition coefficient (Wildman–Crippen LogP) is 3.78. The number of nitrogens with zero attached hydrogens (tertiary/aromatic N) is 2. The van der Waals surface area contributed by atoms with Crippen molar-refractivity contribution in [1.29, 1.82) is 0 Å². The van der Waals surface area contributed by atoms with Crippen LogP contribution in [0.25, 0.3) is 5.52 Å². The topological polar surface area (TPSA) is 24.7 Å². The number of rotatable bonds is 3. The Kier molecular flexibility index (Phi) is 4.23. The molecule has 1 atom stereocenters. The number of carbonyl (C=O) groups is 1. The molecule has 0 N–H and O–H groups in total. The number of fused-ring (bicyclic) bond motifs is 3. The molecule has 0 spiro atoms. The maximum Gasteiger partial charge on any atom is 0.227 e. The lowest BCUT2D eigenvalue weighted by molar-refractivity contribution is -0.131. The first-order chi connectivity index (χ1) is 12.5. The lowest BCUT2D eigenvalue weighted by Crippen LogP contribution is -2.41. The lowest BCUT2D eigenvalue weighted by atomic mass is 9.92. The normalized spacial score (nSPS) is 16.5. The highest BCUT2D eigenvalue weighted by molar-refractivity contribution is 5.79. The summed E-state index contributed by atoms with van der Waals surface area (Å²) in [5.41, 5.74) is 3.97. The van der Waals surface area contributed by atoms with Crippen LogP contribution in [0, 0.1) is 11.6 Å². The lowest BCUT2D eigenvalue weighted by Gasteiger charge is -2.32. The molecule has 1 aliphatic carbocycles. The van der Waals surface area contributed by atoms with Crippen molar-refractivity contribution < 1.29 is 13.6 Å². The number of likely N-dealkylation sites (N-methyl/N-ethyl adjacent to an activating group) is 1. The Balaban J connectivity index is 1.51. The van der Waals surface area contributed by atoms with E-state index in [9.17, 15) is 13.6 Å². The third-order valence-corrected chi connectivity index (χ3v) is 5.35. The number of benzene rings is 1. The summed E-state index contributed by atoms with van der Waals surface area (Å²) in [6.07, 6.45) is 4.58. The number of halogens is 2. The molecule has 1 amide bonds. The summed E-state index contributed by atoms with van der Waals surface area (Å²) in [6.45, 7) is 0. The Morgan fingerprint density at radius 2 is 2.08 bits per heavy atom. The number of carbonyl (C=O) groups excluding carboxylic acids is 1. The average molecular weight is 354 g/mol. The molecule has 2 heterocycles. The van der Waals surface area contributed by atoms with Gasteiger partial charge in [0.05, 0.1) is 6.42 Å². The molecule has 3 nitrogen and oxygen atoms in total. The minimum absolute atomic E-state index is 0.0547. The van der Waals surface area contributed by atoms with Gasteiger partial charge in [0.1, 0.15) is 11.6 Å². The van der Waals surface area contributed by atoms with Crippen LogP contribution >= 0.6 is 0 Å². The molecule has 2 aromatic heterocycles. The van der Waals surface area contributed by atoms with E-state index >= 15 is 0 Å². The quantitative estimate of drug-likeness (QED) is 0.703. The fourth-order valence-electron chi connectivity index (χ4n) is 3.82. The first-order valence-electron chi connectivity index (χ1n) is 8.80. The van der Waals surface area contributed by atoms with Crippen molar-refractivity contribution >= 4 is 11.4 Å². The van der Waals surface area contributed by atoms with E-state index in [-0.39, 0.29) is 23.9 Å². The largest absolute Gasteiger partial charge is 0.342 e. The maximum absolute atomic E-state index is 13.8. The van der Waals surface area contributed by atoms with Gasteiger partial charge in [0.15, 0.2) is 0 Å². The summed E-state index contributed by atoms with van der Waals surface area (Å²) in [5, 5.41) is 0. The molecule has 5 heteroatoms. The molecule has 0 unspecified atom stereocenters. The molecule has 0 bridgehead atoms. The van der Waals surface area contributed by atoms with E-state index in [2.05, 4.69) is 16.5 Å². The Bertz CT molecular complexity index is 979. The maximum atomic E-state index is 13.8. The smallest absolute Gasteiger partial charge is 0.227 e. The van der Waals surface area contributed by atoms with Crippen LogP contribution in [0.4, 0.5) is 8.78 Å². The SMILES string of the molecule is CN(C(=O)Cc1ccc(F)cc1F)[C@@H]1CCc2cc3ccccn3c2C1. The molecule has 26 heavy (non-hydrogen) atoms. The Hall–Kier alpha value is -2.69. The molecule has 0 radical (unpaired) electrons. The monoisotopic (exact) mass is 354 g/mol. The minimum Gasteiger partial charge on any atom is -0.342 e. The van der Waals surface area contributed by atoms with Crippen LogP contribution in [0.3, 0.4) is 0 Å². The molecule has 1 aromatic carbocycles. The van der Waals surface area contributed by atoms with Crippen molar-refractivity contribution in [1.82, 2.24) is 9.30 Å². The molecule has 0 saturated carbocycles. The van der Waals surface area contributed by atoms with Crippen LogP contribution in [0.1, 0.15) is 23.2 Å². The minimum atomic E-state index is -0.671. The molecule has 0 aliphatic heterocycles. The van der Waals surface area contributed by atoms with Crippen molar-refractivity contribution in [3.63, 3.8) is 0 Å². The summed E-state index contributed by atoms with van der Waals surface area (Å²) in [7, 11) is 1.77. The van der Waals surface area contributed by atoms with E-state index < -0.39 is 11.6 Å². The highest BCUT2D eigenvalue weighted by Gasteiger charge is 2.27. The van der Waals surface area contributed by atoms with Crippen LogP contribution in [0.15, 0.2) is 48.7 Å². The predicted molar refractivity (Wildman–Crippen MR) is 96.0 cm³/mol. The zero-order chi connectivity index (χ0) is 18.3. The number of hydrogen-bond acceptors (Lipinski definition) is 1. The molecular formula is C21H20F2N2O. The molecule has 1 aliphatic rings. The van der Waals surface area contributed by atoms with Gasteiger partial charge in [-0.05, 0) is 48.2 Å². The fourth-order valence-corrected chi connectivity index (χ4v) is 3.82. The second kappa shape index (κ2) is 6.56. The van der Waals surface area contributed by atoms with Gasteiger partial charge in [-0.15, -0.1) is 0 Å². The summed E-state index contributed by atoms with van der Waals surface area (Å²) < 4.78 is 29.0. The zero-order valence-electron chi connectivity index (χ0n) is 14.6. The van der Waals surface area contributed by atoms with Crippen LogP contribution in [0.2, 0.25) is 0 Å². The Labute approximate surface area is 150 Å². The van der Waals surface area contributed by atoms with Gasteiger partial charge < -0.3 is 9.30 Å². The van der Waals surface area contributed by atoms with Gasteiger partial charge in [-0.3, -0.25) is 4.79 Å². The van der Waals surface area contributed by atoms with Crippen molar-refractivity contribution in [2.24, 2.45) is 0 Å². The van der Waals surface area contributed by atoms with Gasteiger partial charge in [0.2, 0.25) is 5.91 Å². The van der Waals surface area contributed by atoms with E-state index in [0.717, 1.165) is 25.3 Å². The standard InChI is InChI=1S/C21H20F2N2O/c1-24(21(26)11-14-5-7-16(22)12-19(14)23)17-8-6-15-10-18-4-2-3-9-25(18)20(15)13-17/h2-5,7,9-10,12,17H,6,8,11,13H2,1H3/t17-/m1/s1. The average Bonchev–Trinajstić information content (AvgIpc) is 3.01. The van der Waals surface area contributed by atoms with E-state index in [1.807, 2.05) is 18.3 Å². The van der Waals surface area contributed by atoms with Gasteiger partial charge in [0.25, 0.3) is 0 Å². The third-order valence-electron chi connectivity index (χ3n) is 5.35. The Morgan fingerprint density at radius 1 is 1.23 bits per heavy atom. The van der Waals surface area contributed by atoms with Gasteiger partial charge >= 0.3 is 0 Å².